The van der Waals surface area contributed by atoms with Gasteiger partial charge in [-0.05, 0) is 26.9 Å². The van der Waals surface area contributed by atoms with Gasteiger partial charge in [0.1, 0.15) is 0 Å². The quantitative estimate of drug-likeness (QED) is 0.277. The van der Waals surface area contributed by atoms with Gasteiger partial charge in [-0.25, -0.2) is 4.79 Å². The zero-order chi connectivity index (χ0) is 19.3. The largest absolute Gasteiger partial charge is 0.450 e. The molecule has 0 aromatic rings. The van der Waals surface area contributed by atoms with Gasteiger partial charge < -0.3 is 15.0 Å². The number of nitrogens with zero attached hydrogens (tertiary/aromatic N) is 1. The molecule has 0 aromatic heterocycles. The summed E-state index contributed by atoms with van der Waals surface area (Å²) < 4.78 is 5.13. The van der Waals surface area contributed by atoms with Crippen molar-refractivity contribution in [1.29, 1.82) is 0 Å². The van der Waals surface area contributed by atoms with E-state index in [0.717, 1.165) is 25.9 Å². The second-order valence-electron chi connectivity index (χ2n) is 7.82. The maximum atomic E-state index is 11.5. The van der Waals surface area contributed by atoms with Crippen LogP contribution in [0.4, 0.5) is 4.79 Å². The Balaban J connectivity index is 3.11. The van der Waals surface area contributed by atoms with Crippen LogP contribution in [0.25, 0.3) is 0 Å². The molecule has 0 saturated heterocycles. The molecular weight excluding hydrogens is 324 g/mol. The smallest absolute Gasteiger partial charge is 0.407 e. The van der Waals surface area contributed by atoms with Crippen molar-refractivity contribution in [1.82, 2.24) is 10.2 Å². The van der Waals surface area contributed by atoms with Crippen LogP contribution in [-0.2, 0) is 4.74 Å². The highest BCUT2D eigenvalue weighted by molar-refractivity contribution is 5.66. The number of carbonyl (C=O) groups excluding carboxylic acids is 1. The summed E-state index contributed by atoms with van der Waals surface area (Å²) in [5.74, 6) is 0. The fourth-order valence-corrected chi connectivity index (χ4v) is 3.11. The number of alkyl carbamates (subject to hydrolysis) is 1. The minimum absolute atomic E-state index is 0.265. The van der Waals surface area contributed by atoms with E-state index in [1.807, 2.05) is 14.1 Å². The first-order valence-corrected chi connectivity index (χ1v) is 11.2. The average molecular weight is 371 g/mol. The SMILES string of the molecule is CCCCCCCCCCCCCCCCNC(=O)OCCCN(C)C. The van der Waals surface area contributed by atoms with Gasteiger partial charge in [-0.2, -0.15) is 0 Å². The molecule has 0 radical (unpaired) electrons. The predicted molar refractivity (Wildman–Crippen MR) is 113 cm³/mol. The van der Waals surface area contributed by atoms with Crippen molar-refractivity contribution in [3.63, 3.8) is 0 Å². The molecule has 26 heavy (non-hydrogen) atoms. The Morgan fingerprint density at radius 2 is 1.19 bits per heavy atom. The number of unbranched alkanes of at least 4 members (excludes halogenated alkanes) is 13. The number of ether oxygens (including phenoxy) is 1. The van der Waals surface area contributed by atoms with Crippen LogP contribution >= 0.6 is 0 Å². The van der Waals surface area contributed by atoms with Crippen LogP contribution in [0.15, 0.2) is 0 Å². The van der Waals surface area contributed by atoms with Crippen LogP contribution in [0.5, 0.6) is 0 Å². The lowest BCUT2D eigenvalue weighted by molar-refractivity contribution is 0.141. The Morgan fingerprint density at radius 3 is 1.65 bits per heavy atom. The van der Waals surface area contributed by atoms with Crippen molar-refractivity contribution in [3.05, 3.63) is 0 Å². The molecule has 4 nitrogen and oxygen atoms in total. The van der Waals surface area contributed by atoms with Gasteiger partial charge in [0, 0.05) is 13.1 Å². The number of carbonyl (C=O) groups is 1. The van der Waals surface area contributed by atoms with Crippen LogP contribution < -0.4 is 5.32 Å². The Labute approximate surface area is 163 Å². The Hall–Kier alpha value is -0.770. The third-order valence-corrected chi connectivity index (χ3v) is 4.78. The molecule has 0 fully saturated rings. The van der Waals surface area contributed by atoms with E-state index in [1.54, 1.807) is 0 Å². The maximum absolute atomic E-state index is 11.5. The third kappa shape index (κ3) is 21.3. The fourth-order valence-electron chi connectivity index (χ4n) is 3.11. The summed E-state index contributed by atoms with van der Waals surface area (Å²) in [4.78, 5) is 13.6. The van der Waals surface area contributed by atoms with E-state index in [9.17, 15) is 4.79 Å². The number of nitrogens with one attached hydrogen (secondary N) is 1. The third-order valence-electron chi connectivity index (χ3n) is 4.78. The highest BCUT2D eigenvalue weighted by Crippen LogP contribution is 2.12. The fraction of sp³-hybridized carbons (Fsp3) is 0.955. The summed E-state index contributed by atoms with van der Waals surface area (Å²) in [6, 6.07) is 0. The molecule has 1 N–H and O–H groups in total. The zero-order valence-electron chi connectivity index (χ0n) is 18.0. The van der Waals surface area contributed by atoms with Crippen LogP contribution in [0.1, 0.15) is 103 Å². The van der Waals surface area contributed by atoms with E-state index in [1.165, 1.54) is 83.5 Å². The van der Waals surface area contributed by atoms with Gasteiger partial charge in [0.15, 0.2) is 0 Å². The monoisotopic (exact) mass is 370 g/mol. The van der Waals surface area contributed by atoms with Crippen molar-refractivity contribution >= 4 is 6.09 Å². The minimum atomic E-state index is -0.265. The summed E-state index contributed by atoms with van der Waals surface area (Å²) in [5.41, 5.74) is 0. The highest BCUT2D eigenvalue weighted by atomic mass is 16.5. The van der Waals surface area contributed by atoms with Gasteiger partial charge in [0.2, 0.25) is 0 Å². The molecule has 0 aromatic carbocycles. The Bertz CT molecular complexity index is 296. The van der Waals surface area contributed by atoms with Crippen molar-refractivity contribution in [2.24, 2.45) is 0 Å². The number of amides is 1. The van der Waals surface area contributed by atoms with E-state index in [0.29, 0.717) is 6.61 Å². The number of hydrogen-bond donors (Lipinski definition) is 1. The molecule has 0 rings (SSSR count). The van der Waals surface area contributed by atoms with Crippen molar-refractivity contribution in [2.75, 3.05) is 33.8 Å². The summed E-state index contributed by atoms with van der Waals surface area (Å²) in [6.45, 7) is 4.47. The van der Waals surface area contributed by atoms with Gasteiger partial charge in [-0.15, -0.1) is 0 Å². The Morgan fingerprint density at radius 1 is 0.731 bits per heavy atom. The molecule has 0 unspecified atom stereocenters. The van der Waals surface area contributed by atoms with Gasteiger partial charge in [0.25, 0.3) is 0 Å². The summed E-state index contributed by atoms with van der Waals surface area (Å²) >= 11 is 0. The summed E-state index contributed by atoms with van der Waals surface area (Å²) in [5, 5.41) is 2.84. The number of hydrogen-bond acceptors (Lipinski definition) is 3. The molecular formula is C22H46N2O2. The standard InChI is InChI=1S/C22H46N2O2/c1-4-5-6-7-8-9-10-11-12-13-14-15-16-17-19-23-22(25)26-21-18-20-24(2)3/h4-21H2,1-3H3,(H,23,25). The molecule has 0 atom stereocenters. The molecule has 0 saturated carbocycles. The normalized spacial score (nSPS) is 11.1. The topological polar surface area (TPSA) is 41.6 Å². The first kappa shape index (κ1) is 25.2. The summed E-state index contributed by atoms with van der Waals surface area (Å²) in [7, 11) is 4.05. The first-order valence-electron chi connectivity index (χ1n) is 11.2. The van der Waals surface area contributed by atoms with E-state index in [2.05, 4.69) is 17.1 Å². The van der Waals surface area contributed by atoms with Gasteiger partial charge in [-0.1, -0.05) is 90.4 Å². The molecule has 0 heterocycles. The predicted octanol–water partition coefficient (Wildman–Crippen LogP) is 6.15. The van der Waals surface area contributed by atoms with Gasteiger partial charge >= 0.3 is 6.09 Å². The van der Waals surface area contributed by atoms with Gasteiger partial charge in [-0.3, -0.25) is 0 Å². The number of rotatable bonds is 19. The Kier molecular flexibility index (Phi) is 19.9. The average Bonchev–Trinajstić information content (AvgIpc) is 2.62. The van der Waals surface area contributed by atoms with Crippen molar-refractivity contribution < 1.29 is 9.53 Å². The van der Waals surface area contributed by atoms with E-state index in [-0.39, 0.29) is 6.09 Å². The molecule has 0 aliphatic rings. The maximum Gasteiger partial charge on any atom is 0.407 e. The molecule has 156 valence electrons. The second-order valence-corrected chi connectivity index (χ2v) is 7.82. The lowest BCUT2D eigenvalue weighted by atomic mass is 10.0. The molecule has 0 aliphatic heterocycles. The highest BCUT2D eigenvalue weighted by Gasteiger charge is 2.01. The van der Waals surface area contributed by atoms with Crippen molar-refractivity contribution in [2.45, 2.75) is 103 Å². The van der Waals surface area contributed by atoms with E-state index in [4.69, 9.17) is 4.74 Å². The molecule has 4 heteroatoms. The lowest BCUT2D eigenvalue weighted by Gasteiger charge is -2.10. The minimum Gasteiger partial charge on any atom is -0.450 e. The zero-order valence-corrected chi connectivity index (χ0v) is 18.0. The summed E-state index contributed by atoms with van der Waals surface area (Å²) in [6.07, 6.45) is 19.6. The van der Waals surface area contributed by atoms with Gasteiger partial charge in [0.05, 0.1) is 6.61 Å². The molecule has 0 bridgehead atoms. The van der Waals surface area contributed by atoms with Crippen molar-refractivity contribution in [3.8, 4) is 0 Å². The van der Waals surface area contributed by atoms with E-state index < -0.39 is 0 Å². The molecule has 0 aliphatic carbocycles. The van der Waals surface area contributed by atoms with Crippen LogP contribution in [0.3, 0.4) is 0 Å². The first-order chi connectivity index (χ1) is 12.7. The van der Waals surface area contributed by atoms with E-state index >= 15 is 0 Å². The molecule has 1 amide bonds. The second kappa shape index (κ2) is 20.5. The van der Waals surface area contributed by atoms with Crippen LogP contribution in [0, 0.1) is 0 Å². The van der Waals surface area contributed by atoms with Crippen LogP contribution in [-0.4, -0.2) is 44.8 Å². The lowest BCUT2D eigenvalue weighted by Crippen LogP contribution is -2.26. The molecule has 0 spiro atoms. The van der Waals surface area contributed by atoms with Crippen LogP contribution in [0.2, 0.25) is 0 Å².